The van der Waals surface area contributed by atoms with Crippen molar-refractivity contribution in [3.8, 4) is 17.2 Å². The number of benzene rings is 1. The Morgan fingerprint density at radius 3 is 1.95 bits per heavy atom. The second-order valence-corrected chi connectivity index (χ2v) is 7.29. The molecule has 0 saturated heterocycles. The van der Waals surface area contributed by atoms with Gasteiger partial charge < -0.3 is 14.2 Å². The number of hydrogen-bond donors (Lipinski definition) is 0. The molecule has 0 aliphatic rings. The predicted octanol–water partition coefficient (Wildman–Crippen LogP) is 5.57. The van der Waals surface area contributed by atoms with Crippen LogP contribution >= 0.6 is 50.5 Å². The van der Waals surface area contributed by atoms with Crippen LogP contribution in [0.2, 0.25) is 8.67 Å². The zero-order chi connectivity index (χ0) is 15.6. The van der Waals surface area contributed by atoms with Crippen LogP contribution in [0.5, 0.6) is 17.2 Å². The highest BCUT2D eigenvalue weighted by Gasteiger charge is 2.22. The largest absolute Gasteiger partial charge is 0.496 e. The van der Waals surface area contributed by atoms with Crippen LogP contribution in [0, 0.1) is 0 Å². The van der Waals surface area contributed by atoms with Gasteiger partial charge in [0.2, 0.25) is 0 Å². The number of thiophene rings is 1. The summed E-state index contributed by atoms with van der Waals surface area (Å²) in [6.45, 7) is 0. The molecule has 0 amide bonds. The summed E-state index contributed by atoms with van der Waals surface area (Å²) in [6, 6.07) is 5.48. The molecule has 0 saturated carbocycles. The minimum atomic E-state index is -0.163. The van der Waals surface area contributed by atoms with Gasteiger partial charge in [0.1, 0.15) is 5.75 Å². The van der Waals surface area contributed by atoms with E-state index < -0.39 is 0 Å². The molecule has 1 aromatic carbocycles. The summed E-state index contributed by atoms with van der Waals surface area (Å²) < 4.78 is 17.3. The quantitative estimate of drug-likeness (QED) is 0.602. The summed E-state index contributed by atoms with van der Waals surface area (Å²) in [7, 11) is 4.77. The van der Waals surface area contributed by atoms with E-state index in [9.17, 15) is 0 Å². The van der Waals surface area contributed by atoms with Crippen molar-refractivity contribution in [3.63, 3.8) is 0 Å². The van der Waals surface area contributed by atoms with Gasteiger partial charge in [0.15, 0.2) is 11.5 Å². The molecule has 2 rings (SSSR count). The minimum absolute atomic E-state index is 0.163. The molecule has 114 valence electrons. The topological polar surface area (TPSA) is 27.7 Å². The van der Waals surface area contributed by atoms with Gasteiger partial charge in [-0.25, -0.2) is 0 Å². The van der Waals surface area contributed by atoms with Crippen molar-refractivity contribution in [3.05, 3.63) is 38.0 Å². The smallest absolute Gasteiger partial charge is 0.164 e. The third-order valence-electron chi connectivity index (χ3n) is 2.97. The third kappa shape index (κ3) is 3.42. The Bertz CT molecular complexity index is 645. The molecule has 0 fully saturated rings. The first-order valence-electron chi connectivity index (χ1n) is 5.90. The Hall–Kier alpha value is -0.620. The Kier molecular flexibility index (Phi) is 5.66. The van der Waals surface area contributed by atoms with Gasteiger partial charge in [-0.2, -0.15) is 0 Å². The van der Waals surface area contributed by atoms with Crippen LogP contribution in [0.15, 0.2) is 18.2 Å². The van der Waals surface area contributed by atoms with Gasteiger partial charge in [0.05, 0.1) is 34.8 Å². The van der Waals surface area contributed by atoms with Crippen LogP contribution in [0.4, 0.5) is 0 Å². The Labute approximate surface area is 145 Å². The van der Waals surface area contributed by atoms with Gasteiger partial charge in [0, 0.05) is 17.2 Å². The lowest BCUT2D eigenvalue weighted by Gasteiger charge is -2.17. The maximum Gasteiger partial charge on any atom is 0.164 e. The van der Waals surface area contributed by atoms with E-state index >= 15 is 0 Å². The summed E-state index contributed by atoms with van der Waals surface area (Å²) in [5.74, 6) is 1.90. The van der Waals surface area contributed by atoms with E-state index in [-0.39, 0.29) is 4.83 Å². The van der Waals surface area contributed by atoms with Crippen molar-refractivity contribution in [1.82, 2.24) is 0 Å². The van der Waals surface area contributed by atoms with E-state index in [1.165, 1.54) is 11.3 Å². The monoisotopic (exact) mass is 410 g/mol. The maximum atomic E-state index is 6.22. The Morgan fingerprint density at radius 1 is 0.905 bits per heavy atom. The molecule has 1 unspecified atom stereocenters. The van der Waals surface area contributed by atoms with Gasteiger partial charge in [-0.3, -0.25) is 0 Å². The lowest BCUT2D eigenvalue weighted by atomic mass is 10.1. The first kappa shape index (κ1) is 16.7. The highest BCUT2D eigenvalue weighted by Crippen LogP contribution is 2.46. The van der Waals surface area contributed by atoms with Gasteiger partial charge >= 0.3 is 0 Å². The van der Waals surface area contributed by atoms with Crippen molar-refractivity contribution in [1.29, 1.82) is 0 Å². The summed E-state index contributed by atoms with van der Waals surface area (Å²) in [5.41, 5.74) is 1.77. The molecule has 7 heteroatoms. The molecular weight excluding hydrogens is 399 g/mol. The number of halogens is 3. The van der Waals surface area contributed by atoms with Crippen molar-refractivity contribution in [2.45, 2.75) is 4.83 Å². The van der Waals surface area contributed by atoms with E-state index in [0.717, 1.165) is 11.1 Å². The van der Waals surface area contributed by atoms with E-state index in [1.807, 2.05) is 12.1 Å². The van der Waals surface area contributed by atoms with Crippen LogP contribution in [-0.2, 0) is 0 Å². The molecular formula is C14H13BrCl2O3S. The summed E-state index contributed by atoms with van der Waals surface area (Å²) >= 11 is 17.2. The molecule has 0 bridgehead atoms. The SMILES string of the molecule is COc1cc(OC)c(C(Br)c2cc(Cl)sc2Cl)cc1OC. The number of rotatable bonds is 5. The van der Waals surface area contributed by atoms with Gasteiger partial charge in [-0.15, -0.1) is 11.3 Å². The van der Waals surface area contributed by atoms with E-state index in [1.54, 1.807) is 27.4 Å². The van der Waals surface area contributed by atoms with E-state index in [4.69, 9.17) is 37.4 Å². The van der Waals surface area contributed by atoms with Gasteiger partial charge in [0.25, 0.3) is 0 Å². The molecule has 1 aromatic heterocycles. The van der Waals surface area contributed by atoms with Crippen LogP contribution in [0.25, 0.3) is 0 Å². The normalized spacial score (nSPS) is 12.1. The third-order valence-corrected chi connectivity index (χ3v) is 5.47. The molecule has 1 heterocycles. The van der Waals surface area contributed by atoms with E-state index in [0.29, 0.717) is 25.9 Å². The van der Waals surface area contributed by atoms with Crippen molar-refractivity contribution >= 4 is 50.5 Å². The van der Waals surface area contributed by atoms with E-state index in [2.05, 4.69) is 15.9 Å². The summed E-state index contributed by atoms with van der Waals surface area (Å²) in [5, 5.41) is 0. The Morgan fingerprint density at radius 2 is 1.48 bits per heavy atom. The zero-order valence-corrected chi connectivity index (χ0v) is 15.5. The minimum Gasteiger partial charge on any atom is -0.496 e. The first-order chi connectivity index (χ1) is 10.0. The Balaban J connectivity index is 2.53. The average Bonchev–Trinajstić information content (AvgIpc) is 2.83. The number of ether oxygens (including phenoxy) is 3. The molecule has 0 aliphatic carbocycles. The van der Waals surface area contributed by atoms with Gasteiger partial charge in [-0.1, -0.05) is 39.1 Å². The number of methoxy groups -OCH3 is 3. The number of hydrogen-bond acceptors (Lipinski definition) is 4. The van der Waals surface area contributed by atoms with Crippen LogP contribution in [-0.4, -0.2) is 21.3 Å². The molecule has 0 aliphatic heterocycles. The fraction of sp³-hybridized carbons (Fsp3) is 0.286. The van der Waals surface area contributed by atoms with Crippen LogP contribution in [0.3, 0.4) is 0 Å². The molecule has 3 nitrogen and oxygen atoms in total. The van der Waals surface area contributed by atoms with Gasteiger partial charge in [-0.05, 0) is 12.1 Å². The van der Waals surface area contributed by atoms with Crippen molar-refractivity contribution in [2.75, 3.05) is 21.3 Å². The van der Waals surface area contributed by atoms with Crippen LogP contribution in [0.1, 0.15) is 16.0 Å². The van der Waals surface area contributed by atoms with Crippen molar-refractivity contribution < 1.29 is 14.2 Å². The summed E-state index contributed by atoms with van der Waals surface area (Å²) in [6.07, 6.45) is 0. The summed E-state index contributed by atoms with van der Waals surface area (Å²) in [4.78, 5) is -0.163. The highest BCUT2D eigenvalue weighted by atomic mass is 79.9. The first-order valence-corrected chi connectivity index (χ1v) is 8.39. The fourth-order valence-electron chi connectivity index (χ4n) is 1.94. The lowest BCUT2D eigenvalue weighted by Crippen LogP contribution is -2.00. The zero-order valence-electron chi connectivity index (χ0n) is 11.6. The molecule has 0 N–H and O–H groups in total. The standard InChI is InChI=1S/C14H13BrCl2O3S/c1-18-9-6-11(20-3)10(19-2)4-7(9)13(15)8-5-12(16)21-14(8)17/h4-6,13H,1-3H3. The second-order valence-electron chi connectivity index (χ2n) is 4.09. The molecule has 0 radical (unpaired) electrons. The highest BCUT2D eigenvalue weighted by molar-refractivity contribution is 9.09. The fourth-order valence-corrected chi connectivity index (χ4v) is 4.48. The molecule has 2 aromatic rings. The average molecular weight is 412 g/mol. The molecule has 1 atom stereocenters. The van der Waals surface area contributed by atoms with Crippen molar-refractivity contribution in [2.24, 2.45) is 0 Å². The number of alkyl halides is 1. The predicted molar refractivity (Wildman–Crippen MR) is 91.2 cm³/mol. The maximum absolute atomic E-state index is 6.22. The molecule has 0 spiro atoms. The van der Waals surface area contributed by atoms with Crippen LogP contribution < -0.4 is 14.2 Å². The molecule has 21 heavy (non-hydrogen) atoms. The lowest BCUT2D eigenvalue weighted by molar-refractivity contribution is 0.347. The second kappa shape index (κ2) is 7.09.